The highest BCUT2D eigenvalue weighted by molar-refractivity contribution is 5.88. The van der Waals surface area contributed by atoms with E-state index in [2.05, 4.69) is 0 Å². The summed E-state index contributed by atoms with van der Waals surface area (Å²) in [6.07, 6.45) is 0. The highest BCUT2D eigenvalue weighted by atomic mass is 19.3. The van der Waals surface area contributed by atoms with Crippen molar-refractivity contribution in [1.82, 2.24) is 0 Å². The molecule has 1 N–H and O–H groups in total. The maximum absolute atomic E-state index is 13.2. The molecule has 0 aromatic heterocycles. The SMILES string of the molecule is CC(F)(F)c1cccc(C(=O)O)c1F. The van der Waals surface area contributed by atoms with Gasteiger partial charge in [-0.2, -0.15) is 0 Å². The average Bonchev–Trinajstić information content (AvgIpc) is 2.01. The van der Waals surface area contributed by atoms with E-state index in [1.807, 2.05) is 0 Å². The Bertz CT molecular complexity index is 369. The zero-order chi connectivity index (χ0) is 10.9. The first-order valence-corrected chi connectivity index (χ1v) is 3.74. The molecule has 2 nitrogen and oxygen atoms in total. The summed E-state index contributed by atoms with van der Waals surface area (Å²) in [5.41, 5.74) is -1.65. The van der Waals surface area contributed by atoms with Crippen LogP contribution < -0.4 is 0 Å². The van der Waals surface area contributed by atoms with Crippen LogP contribution in [0.1, 0.15) is 22.8 Å². The van der Waals surface area contributed by atoms with E-state index in [0.29, 0.717) is 6.92 Å². The average molecular weight is 204 g/mol. The normalized spacial score (nSPS) is 11.4. The van der Waals surface area contributed by atoms with Crippen LogP contribution in [0.25, 0.3) is 0 Å². The second-order valence-electron chi connectivity index (χ2n) is 2.86. The molecule has 0 bridgehead atoms. The molecule has 0 fully saturated rings. The van der Waals surface area contributed by atoms with Crippen molar-refractivity contribution in [3.8, 4) is 0 Å². The summed E-state index contributed by atoms with van der Waals surface area (Å²) >= 11 is 0. The molecule has 0 unspecified atom stereocenters. The fourth-order valence-corrected chi connectivity index (χ4v) is 1.04. The van der Waals surface area contributed by atoms with Crippen LogP contribution in [0.4, 0.5) is 13.2 Å². The van der Waals surface area contributed by atoms with E-state index in [0.717, 1.165) is 18.2 Å². The molecule has 1 aromatic rings. The molecule has 0 aliphatic heterocycles. The number of carboxylic acid groups (broad SMARTS) is 1. The summed E-state index contributed by atoms with van der Waals surface area (Å²) in [4.78, 5) is 10.4. The van der Waals surface area contributed by atoms with Gasteiger partial charge in [0.25, 0.3) is 5.92 Å². The highest BCUT2D eigenvalue weighted by Gasteiger charge is 2.30. The second-order valence-corrected chi connectivity index (χ2v) is 2.86. The molecule has 0 amide bonds. The lowest BCUT2D eigenvalue weighted by molar-refractivity contribution is 0.0136. The molecular formula is C9H7F3O2. The van der Waals surface area contributed by atoms with Crippen LogP contribution in [0.3, 0.4) is 0 Å². The number of hydrogen-bond acceptors (Lipinski definition) is 1. The lowest BCUT2D eigenvalue weighted by Gasteiger charge is -2.12. The molecule has 0 spiro atoms. The van der Waals surface area contributed by atoms with E-state index in [9.17, 15) is 18.0 Å². The van der Waals surface area contributed by atoms with Crippen LogP contribution in [0, 0.1) is 5.82 Å². The first-order valence-electron chi connectivity index (χ1n) is 3.74. The van der Waals surface area contributed by atoms with E-state index >= 15 is 0 Å². The quantitative estimate of drug-likeness (QED) is 0.803. The molecule has 0 heterocycles. The largest absolute Gasteiger partial charge is 0.478 e. The van der Waals surface area contributed by atoms with E-state index in [1.54, 1.807) is 0 Å². The van der Waals surface area contributed by atoms with E-state index in [-0.39, 0.29) is 0 Å². The number of carbonyl (C=O) groups is 1. The fraction of sp³-hybridized carbons (Fsp3) is 0.222. The van der Waals surface area contributed by atoms with Crippen molar-refractivity contribution in [3.63, 3.8) is 0 Å². The van der Waals surface area contributed by atoms with Crippen molar-refractivity contribution in [1.29, 1.82) is 0 Å². The van der Waals surface area contributed by atoms with Gasteiger partial charge in [-0.15, -0.1) is 0 Å². The van der Waals surface area contributed by atoms with Crippen molar-refractivity contribution < 1.29 is 23.1 Å². The van der Waals surface area contributed by atoms with Crippen LogP contribution in [0.15, 0.2) is 18.2 Å². The predicted molar refractivity (Wildman–Crippen MR) is 42.9 cm³/mol. The summed E-state index contributed by atoms with van der Waals surface area (Å²) in [6.45, 7) is 0.511. The van der Waals surface area contributed by atoms with Gasteiger partial charge in [0.1, 0.15) is 5.82 Å². The summed E-state index contributed by atoms with van der Waals surface area (Å²) in [7, 11) is 0. The Kier molecular flexibility index (Phi) is 2.51. The van der Waals surface area contributed by atoms with Crippen molar-refractivity contribution in [2.45, 2.75) is 12.8 Å². The van der Waals surface area contributed by atoms with Gasteiger partial charge < -0.3 is 5.11 Å². The van der Waals surface area contributed by atoms with Crippen molar-refractivity contribution in [2.24, 2.45) is 0 Å². The third kappa shape index (κ3) is 1.86. The molecule has 14 heavy (non-hydrogen) atoms. The highest BCUT2D eigenvalue weighted by Crippen LogP contribution is 2.30. The molecule has 1 rings (SSSR count). The van der Waals surface area contributed by atoms with Crippen LogP contribution in [0.2, 0.25) is 0 Å². The molecule has 0 aliphatic carbocycles. The smallest absolute Gasteiger partial charge is 0.338 e. The Morgan fingerprint density at radius 2 is 2.00 bits per heavy atom. The predicted octanol–water partition coefficient (Wildman–Crippen LogP) is 2.64. The minimum absolute atomic E-state index is 0.511. The standard InChI is InChI=1S/C9H7F3O2/c1-9(11,12)6-4-2-3-5(7(6)10)8(13)14/h2-4H,1H3,(H,13,14). The van der Waals surface area contributed by atoms with Crippen LogP contribution in [-0.2, 0) is 5.92 Å². The van der Waals surface area contributed by atoms with Crippen LogP contribution in [-0.4, -0.2) is 11.1 Å². The zero-order valence-corrected chi connectivity index (χ0v) is 7.22. The van der Waals surface area contributed by atoms with Gasteiger partial charge in [0.15, 0.2) is 0 Å². The summed E-state index contributed by atoms with van der Waals surface area (Å²) in [5.74, 6) is -6.32. The molecular weight excluding hydrogens is 197 g/mol. The Balaban J connectivity index is 3.35. The van der Waals surface area contributed by atoms with E-state index in [4.69, 9.17) is 5.11 Å². The Labute approximate surface area is 78.0 Å². The minimum atomic E-state index is -3.38. The Hall–Kier alpha value is -1.52. The summed E-state index contributed by atoms with van der Waals surface area (Å²) in [5, 5.41) is 8.47. The number of aromatic carboxylic acids is 1. The minimum Gasteiger partial charge on any atom is -0.478 e. The molecule has 76 valence electrons. The number of alkyl halides is 2. The number of halogens is 3. The number of hydrogen-bond donors (Lipinski definition) is 1. The monoisotopic (exact) mass is 204 g/mol. The summed E-state index contributed by atoms with van der Waals surface area (Å²) in [6, 6.07) is 2.88. The molecule has 0 atom stereocenters. The number of carboxylic acids is 1. The maximum atomic E-state index is 13.2. The fourth-order valence-electron chi connectivity index (χ4n) is 1.04. The molecule has 5 heteroatoms. The number of rotatable bonds is 2. The lowest BCUT2D eigenvalue weighted by atomic mass is 10.1. The van der Waals surface area contributed by atoms with Gasteiger partial charge in [0.2, 0.25) is 0 Å². The third-order valence-corrected chi connectivity index (χ3v) is 1.70. The molecule has 1 aromatic carbocycles. The van der Waals surface area contributed by atoms with Gasteiger partial charge in [-0.25, -0.2) is 18.0 Å². The first-order chi connectivity index (χ1) is 6.34. The first kappa shape index (κ1) is 10.6. The van der Waals surface area contributed by atoms with Crippen molar-refractivity contribution in [3.05, 3.63) is 35.1 Å². The van der Waals surface area contributed by atoms with Gasteiger partial charge in [-0.05, 0) is 6.07 Å². The molecule has 0 saturated carbocycles. The van der Waals surface area contributed by atoms with Crippen LogP contribution >= 0.6 is 0 Å². The molecule has 0 aliphatic rings. The summed E-state index contributed by atoms with van der Waals surface area (Å²) < 4.78 is 38.6. The van der Waals surface area contributed by atoms with E-state index < -0.39 is 28.8 Å². The third-order valence-electron chi connectivity index (χ3n) is 1.70. The number of benzene rings is 1. The zero-order valence-electron chi connectivity index (χ0n) is 7.22. The lowest BCUT2D eigenvalue weighted by Crippen LogP contribution is -2.13. The van der Waals surface area contributed by atoms with E-state index in [1.165, 1.54) is 0 Å². The van der Waals surface area contributed by atoms with Gasteiger partial charge in [-0.1, -0.05) is 12.1 Å². The topological polar surface area (TPSA) is 37.3 Å². The Morgan fingerprint density at radius 3 is 2.43 bits per heavy atom. The van der Waals surface area contributed by atoms with Gasteiger partial charge in [0, 0.05) is 6.92 Å². The van der Waals surface area contributed by atoms with Crippen molar-refractivity contribution in [2.75, 3.05) is 0 Å². The van der Waals surface area contributed by atoms with Crippen molar-refractivity contribution >= 4 is 5.97 Å². The molecule has 0 radical (unpaired) electrons. The molecule has 0 saturated heterocycles. The second kappa shape index (κ2) is 3.32. The van der Waals surface area contributed by atoms with Gasteiger partial charge in [-0.3, -0.25) is 0 Å². The van der Waals surface area contributed by atoms with Gasteiger partial charge >= 0.3 is 5.97 Å². The Morgan fingerprint density at radius 1 is 1.43 bits per heavy atom. The van der Waals surface area contributed by atoms with Gasteiger partial charge in [0.05, 0.1) is 11.1 Å². The maximum Gasteiger partial charge on any atom is 0.338 e. The van der Waals surface area contributed by atoms with Crippen LogP contribution in [0.5, 0.6) is 0 Å².